The van der Waals surface area contributed by atoms with E-state index in [0.717, 1.165) is 12.8 Å². The summed E-state index contributed by atoms with van der Waals surface area (Å²) in [6.07, 6.45) is 2.43. The number of carbonyl (C=O) groups excluding carboxylic acids is 1. The number of amides is 1. The Morgan fingerprint density at radius 1 is 1.24 bits per heavy atom. The molecule has 4 nitrogen and oxygen atoms in total. The van der Waals surface area contributed by atoms with Gasteiger partial charge in [-0.15, -0.1) is 0 Å². The Labute approximate surface area is 104 Å². The number of carboxylic acid groups (broad SMARTS) is 1. The number of carboxylic acids is 1. The lowest BCUT2D eigenvalue weighted by Crippen LogP contribution is -2.38. The van der Waals surface area contributed by atoms with E-state index >= 15 is 0 Å². The van der Waals surface area contributed by atoms with E-state index in [0.29, 0.717) is 25.4 Å². The van der Waals surface area contributed by atoms with Crippen molar-refractivity contribution < 1.29 is 14.7 Å². The van der Waals surface area contributed by atoms with E-state index in [1.54, 1.807) is 11.8 Å². The van der Waals surface area contributed by atoms with Gasteiger partial charge in [0.25, 0.3) is 0 Å². The van der Waals surface area contributed by atoms with Crippen LogP contribution in [0.15, 0.2) is 0 Å². The van der Waals surface area contributed by atoms with E-state index < -0.39 is 11.9 Å². The first kappa shape index (κ1) is 15.9. The Balaban J connectivity index is 4.41. The standard InChI is InChI=1S/C13H25NO3/c1-5-6-7-14(9-11(4)13(16)17)12(15)8-10(2)3/h10-11H,5-9H2,1-4H3,(H,16,17). The van der Waals surface area contributed by atoms with Crippen LogP contribution in [-0.4, -0.2) is 35.0 Å². The van der Waals surface area contributed by atoms with Crippen LogP contribution in [-0.2, 0) is 9.59 Å². The average Bonchev–Trinajstić information content (AvgIpc) is 2.22. The Morgan fingerprint density at radius 3 is 2.24 bits per heavy atom. The number of carbonyl (C=O) groups is 2. The summed E-state index contributed by atoms with van der Waals surface area (Å²) in [5.74, 6) is -0.958. The maximum atomic E-state index is 12.0. The second kappa shape index (κ2) is 8.09. The molecular weight excluding hydrogens is 218 g/mol. The molecule has 0 aliphatic carbocycles. The Bertz CT molecular complexity index is 251. The summed E-state index contributed by atoms with van der Waals surface area (Å²) < 4.78 is 0. The van der Waals surface area contributed by atoms with Crippen LogP contribution in [0.5, 0.6) is 0 Å². The molecule has 100 valence electrons. The molecule has 1 atom stereocenters. The van der Waals surface area contributed by atoms with Crippen molar-refractivity contribution in [3.63, 3.8) is 0 Å². The quantitative estimate of drug-likeness (QED) is 0.712. The number of aliphatic carboxylic acids is 1. The van der Waals surface area contributed by atoms with Crippen LogP contribution in [0.1, 0.15) is 47.0 Å². The van der Waals surface area contributed by atoms with E-state index in [1.807, 2.05) is 13.8 Å². The fourth-order valence-electron chi connectivity index (χ4n) is 1.55. The van der Waals surface area contributed by atoms with Crippen LogP contribution < -0.4 is 0 Å². The van der Waals surface area contributed by atoms with Crippen LogP contribution >= 0.6 is 0 Å². The lowest BCUT2D eigenvalue weighted by molar-refractivity contribution is -0.143. The van der Waals surface area contributed by atoms with Crippen molar-refractivity contribution in [2.45, 2.75) is 47.0 Å². The molecule has 0 saturated heterocycles. The van der Waals surface area contributed by atoms with Crippen molar-refractivity contribution in [3.8, 4) is 0 Å². The third kappa shape index (κ3) is 6.97. The van der Waals surface area contributed by atoms with Crippen LogP contribution in [0.3, 0.4) is 0 Å². The average molecular weight is 243 g/mol. The molecule has 0 bridgehead atoms. The fourth-order valence-corrected chi connectivity index (χ4v) is 1.55. The van der Waals surface area contributed by atoms with Gasteiger partial charge in [-0.25, -0.2) is 0 Å². The third-order valence-electron chi connectivity index (χ3n) is 2.63. The Hall–Kier alpha value is -1.06. The first-order chi connectivity index (χ1) is 7.88. The maximum absolute atomic E-state index is 12.0. The summed E-state index contributed by atoms with van der Waals surface area (Å²) in [5, 5.41) is 8.88. The summed E-state index contributed by atoms with van der Waals surface area (Å²) in [6.45, 7) is 8.68. The van der Waals surface area contributed by atoms with Gasteiger partial charge < -0.3 is 10.0 Å². The van der Waals surface area contributed by atoms with Crippen molar-refractivity contribution in [1.29, 1.82) is 0 Å². The second-order valence-electron chi connectivity index (χ2n) is 5.03. The van der Waals surface area contributed by atoms with Gasteiger partial charge in [-0.2, -0.15) is 0 Å². The molecule has 0 saturated carbocycles. The van der Waals surface area contributed by atoms with E-state index in [9.17, 15) is 9.59 Å². The first-order valence-corrected chi connectivity index (χ1v) is 6.39. The number of hydrogen-bond acceptors (Lipinski definition) is 2. The lowest BCUT2D eigenvalue weighted by Gasteiger charge is -2.25. The molecule has 0 aromatic carbocycles. The largest absolute Gasteiger partial charge is 0.481 e. The van der Waals surface area contributed by atoms with Crippen LogP contribution in [0.25, 0.3) is 0 Å². The van der Waals surface area contributed by atoms with E-state index in [4.69, 9.17) is 5.11 Å². The van der Waals surface area contributed by atoms with Gasteiger partial charge in [0.05, 0.1) is 5.92 Å². The molecule has 0 radical (unpaired) electrons. The van der Waals surface area contributed by atoms with Gasteiger partial charge in [-0.05, 0) is 12.3 Å². The van der Waals surface area contributed by atoms with Gasteiger partial charge in [0.1, 0.15) is 0 Å². The summed E-state index contributed by atoms with van der Waals surface area (Å²) in [5.41, 5.74) is 0. The van der Waals surface area contributed by atoms with Crippen LogP contribution in [0.2, 0.25) is 0 Å². The molecule has 17 heavy (non-hydrogen) atoms. The highest BCUT2D eigenvalue weighted by molar-refractivity contribution is 5.77. The SMILES string of the molecule is CCCCN(CC(C)C(=O)O)C(=O)CC(C)C. The molecule has 1 amide bonds. The summed E-state index contributed by atoms with van der Waals surface area (Å²) in [6, 6.07) is 0. The minimum absolute atomic E-state index is 0.0709. The zero-order valence-corrected chi connectivity index (χ0v) is 11.4. The molecule has 0 heterocycles. The number of unbranched alkanes of at least 4 members (excludes halogenated alkanes) is 1. The van der Waals surface area contributed by atoms with Crippen molar-refractivity contribution in [1.82, 2.24) is 4.90 Å². The van der Waals surface area contributed by atoms with Gasteiger partial charge in [-0.1, -0.05) is 34.1 Å². The van der Waals surface area contributed by atoms with Crippen molar-refractivity contribution in [2.24, 2.45) is 11.8 Å². The highest BCUT2D eigenvalue weighted by Gasteiger charge is 2.20. The molecular formula is C13H25NO3. The zero-order valence-electron chi connectivity index (χ0n) is 11.4. The van der Waals surface area contributed by atoms with E-state index in [-0.39, 0.29) is 5.91 Å². The number of hydrogen-bond donors (Lipinski definition) is 1. The van der Waals surface area contributed by atoms with Crippen molar-refractivity contribution in [3.05, 3.63) is 0 Å². The van der Waals surface area contributed by atoms with E-state index in [2.05, 4.69) is 6.92 Å². The monoisotopic (exact) mass is 243 g/mol. The van der Waals surface area contributed by atoms with Crippen LogP contribution in [0, 0.1) is 11.8 Å². The Morgan fingerprint density at radius 2 is 1.82 bits per heavy atom. The molecule has 0 aliphatic heterocycles. The summed E-state index contributed by atoms with van der Waals surface area (Å²) in [4.78, 5) is 24.5. The van der Waals surface area contributed by atoms with Gasteiger partial charge in [0.2, 0.25) is 5.91 Å². The zero-order chi connectivity index (χ0) is 13.4. The topological polar surface area (TPSA) is 57.6 Å². The van der Waals surface area contributed by atoms with Gasteiger partial charge in [0, 0.05) is 19.5 Å². The fraction of sp³-hybridized carbons (Fsp3) is 0.846. The van der Waals surface area contributed by atoms with Crippen molar-refractivity contribution in [2.75, 3.05) is 13.1 Å². The maximum Gasteiger partial charge on any atom is 0.308 e. The first-order valence-electron chi connectivity index (χ1n) is 6.39. The molecule has 1 unspecified atom stereocenters. The number of rotatable bonds is 8. The predicted molar refractivity (Wildman–Crippen MR) is 67.7 cm³/mol. The summed E-state index contributed by atoms with van der Waals surface area (Å²) in [7, 11) is 0. The summed E-state index contributed by atoms with van der Waals surface area (Å²) >= 11 is 0. The lowest BCUT2D eigenvalue weighted by atomic mass is 10.1. The minimum atomic E-state index is -0.844. The van der Waals surface area contributed by atoms with E-state index in [1.165, 1.54) is 0 Å². The predicted octanol–water partition coefficient (Wildman–Crippen LogP) is 2.38. The number of nitrogens with zero attached hydrogens (tertiary/aromatic N) is 1. The molecule has 0 fully saturated rings. The molecule has 0 aromatic rings. The molecule has 0 aliphatic rings. The van der Waals surface area contributed by atoms with Gasteiger partial charge >= 0.3 is 5.97 Å². The molecule has 4 heteroatoms. The molecule has 0 spiro atoms. The van der Waals surface area contributed by atoms with Crippen LogP contribution in [0.4, 0.5) is 0 Å². The van der Waals surface area contributed by atoms with Crippen molar-refractivity contribution >= 4 is 11.9 Å². The highest BCUT2D eigenvalue weighted by Crippen LogP contribution is 2.09. The second-order valence-corrected chi connectivity index (χ2v) is 5.03. The third-order valence-corrected chi connectivity index (χ3v) is 2.63. The highest BCUT2D eigenvalue weighted by atomic mass is 16.4. The molecule has 1 N–H and O–H groups in total. The molecule has 0 aromatic heterocycles. The molecule has 0 rings (SSSR count). The normalized spacial score (nSPS) is 12.5. The van der Waals surface area contributed by atoms with Gasteiger partial charge in [-0.3, -0.25) is 9.59 Å². The van der Waals surface area contributed by atoms with Gasteiger partial charge in [0.15, 0.2) is 0 Å². The smallest absolute Gasteiger partial charge is 0.308 e. The Kier molecular flexibility index (Phi) is 7.59. The minimum Gasteiger partial charge on any atom is -0.481 e.